The van der Waals surface area contributed by atoms with Gasteiger partial charge in [0.05, 0.1) is 0 Å². The fourth-order valence-corrected chi connectivity index (χ4v) is 1.02. The molecule has 1 rings (SSSR count). The first-order valence-electron chi connectivity index (χ1n) is 3.53. The average Bonchev–Trinajstić information content (AvgIpc) is 2.59. The molecule has 9 heteroatoms. The summed E-state index contributed by atoms with van der Waals surface area (Å²) in [5, 5.41) is 11.6. The van der Waals surface area contributed by atoms with E-state index in [-0.39, 0.29) is 16.7 Å². The Kier molecular flexibility index (Phi) is 3.68. The number of nitrogens with zero attached hydrogens (tertiary/aromatic N) is 3. The van der Waals surface area contributed by atoms with Gasteiger partial charge in [0.15, 0.2) is 10.8 Å². The number of hydrogen-bond donors (Lipinski definition) is 2. The molecule has 0 aromatic carbocycles. The van der Waals surface area contributed by atoms with Crippen LogP contribution in [0.5, 0.6) is 0 Å². The fraction of sp³-hybridized carbons (Fsp3) is 0.167. The number of carboxylic acid groups (broad SMARTS) is 1. The van der Waals surface area contributed by atoms with Gasteiger partial charge >= 0.3 is 5.97 Å². The molecule has 79 valence electrons. The van der Waals surface area contributed by atoms with Crippen molar-refractivity contribution in [3.05, 3.63) is 5.82 Å². The molecule has 0 saturated heterocycles. The highest BCUT2D eigenvalue weighted by Gasteiger charge is 2.11. The molecule has 1 aromatic heterocycles. The molecule has 0 aliphatic rings. The van der Waals surface area contributed by atoms with E-state index in [1.165, 1.54) is 6.29 Å². The minimum atomic E-state index is -1.21. The molecule has 1 radical (unpaired) electrons. The van der Waals surface area contributed by atoms with Crippen molar-refractivity contribution < 1.29 is 19.5 Å². The number of aliphatic carboxylic acids is 1. The molecule has 3 N–H and O–H groups in total. The van der Waals surface area contributed by atoms with E-state index in [2.05, 4.69) is 19.4 Å². The van der Waals surface area contributed by atoms with Crippen molar-refractivity contribution in [1.29, 1.82) is 0 Å². The number of aromatic nitrogens is 2. The van der Waals surface area contributed by atoms with Crippen LogP contribution in [0.1, 0.15) is 5.82 Å². The van der Waals surface area contributed by atoms with Crippen LogP contribution in [0.15, 0.2) is 5.16 Å². The largest absolute Gasteiger partial charge is 0.479 e. The van der Waals surface area contributed by atoms with Gasteiger partial charge in [0.2, 0.25) is 12.4 Å². The predicted molar refractivity (Wildman–Crippen MR) is 50.1 cm³/mol. The van der Waals surface area contributed by atoms with Crippen LogP contribution in [0.2, 0.25) is 0 Å². The number of rotatable bonds is 5. The average molecular weight is 229 g/mol. The molecule has 0 bridgehead atoms. The molecule has 0 aliphatic carbocycles. The lowest BCUT2D eigenvalue weighted by Gasteiger charge is -1.93. The second-order valence-corrected chi connectivity index (χ2v) is 2.95. The zero-order valence-electron chi connectivity index (χ0n) is 7.21. The van der Waals surface area contributed by atoms with Gasteiger partial charge in [-0.05, 0) is 0 Å². The van der Waals surface area contributed by atoms with E-state index in [0.29, 0.717) is 0 Å². The molecule has 15 heavy (non-hydrogen) atoms. The number of carboxylic acids is 1. The quantitative estimate of drug-likeness (QED) is 0.491. The van der Waals surface area contributed by atoms with Crippen LogP contribution >= 0.6 is 11.5 Å². The Hall–Kier alpha value is -2.03. The van der Waals surface area contributed by atoms with Crippen LogP contribution in [0.25, 0.3) is 0 Å². The van der Waals surface area contributed by atoms with Gasteiger partial charge in [-0.1, -0.05) is 5.16 Å². The number of anilines is 1. The van der Waals surface area contributed by atoms with Crippen LogP contribution in [0.4, 0.5) is 5.13 Å². The number of hydrogen-bond acceptors (Lipinski definition) is 8. The minimum Gasteiger partial charge on any atom is -0.479 e. The maximum absolute atomic E-state index is 10.4. The molecule has 0 unspecified atom stereocenters. The molecule has 0 aliphatic heterocycles. The van der Waals surface area contributed by atoms with Gasteiger partial charge in [-0.25, -0.2) is 4.79 Å². The summed E-state index contributed by atoms with van der Waals surface area (Å²) >= 11 is 0.873. The van der Waals surface area contributed by atoms with Crippen LogP contribution in [-0.2, 0) is 14.4 Å². The summed E-state index contributed by atoms with van der Waals surface area (Å²) in [6.07, 6.45) is 1.41. The van der Waals surface area contributed by atoms with E-state index in [1.54, 1.807) is 0 Å². The standard InChI is InChI=1S/C6H5N4O4S/c7-6-8-5(10-15-6)3(1-11)9-14-2-4(12)13/h2H2,(H,12,13)(H2,7,8,10)/b9-3-. The first-order chi connectivity index (χ1) is 7.13. The van der Waals surface area contributed by atoms with Crippen molar-refractivity contribution in [2.24, 2.45) is 5.16 Å². The number of carbonyl (C=O) groups is 1. The van der Waals surface area contributed by atoms with Crippen molar-refractivity contribution >= 4 is 34.6 Å². The SMILES string of the molecule is Nc1nc(/C([C]=O)=N\OCC(=O)O)ns1. The first kappa shape index (κ1) is 11.0. The van der Waals surface area contributed by atoms with Gasteiger partial charge < -0.3 is 15.7 Å². The monoisotopic (exact) mass is 229 g/mol. The topological polar surface area (TPSA) is 128 Å². The Morgan fingerprint density at radius 3 is 2.93 bits per heavy atom. The molecular weight excluding hydrogens is 224 g/mol. The number of carbonyl (C=O) groups excluding carboxylic acids is 1. The van der Waals surface area contributed by atoms with Crippen molar-refractivity contribution in [2.45, 2.75) is 0 Å². The fourth-order valence-electron chi connectivity index (χ4n) is 0.589. The van der Waals surface area contributed by atoms with Crippen molar-refractivity contribution in [3.63, 3.8) is 0 Å². The molecular formula is C6H5N4O4S. The summed E-state index contributed by atoms with van der Waals surface area (Å²) in [6.45, 7) is -0.662. The van der Waals surface area contributed by atoms with Gasteiger partial charge in [0.1, 0.15) is 0 Å². The van der Waals surface area contributed by atoms with Crippen LogP contribution in [0, 0.1) is 0 Å². The van der Waals surface area contributed by atoms with Gasteiger partial charge in [-0.15, -0.1) is 0 Å². The Balaban J connectivity index is 2.71. The number of nitrogens with two attached hydrogens (primary N) is 1. The lowest BCUT2D eigenvalue weighted by atomic mass is 10.4. The van der Waals surface area contributed by atoms with E-state index >= 15 is 0 Å². The van der Waals surface area contributed by atoms with Crippen LogP contribution < -0.4 is 5.73 Å². The molecule has 0 spiro atoms. The third-order valence-corrected chi connectivity index (χ3v) is 1.64. The van der Waals surface area contributed by atoms with Crippen molar-refractivity contribution in [3.8, 4) is 0 Å². The maximum Gasteiger partial charge on any atom is 0.344 e. The highest BCUT2D eigenvalue weighted by molar-refractivity contribution is 7.09. The van der Waals surface area contributed by atoms with E-state index in [1.807, 2.05) is 0 Å². The van der Waals surface area contributed by atoms with E-state index in [9.17, 15) is 9.59 Å². The van der Waals surface area contributed by atoms with Crippen LogP contribution in [-0.4, -0.2) is 39.0 Å². The zero-order chi connectivity index (χ0) is 11.3. The normalized spacial score (nSPS) is 11.1. The molecule has 0 saturated carbocycles. The lowest BCUT2D eigenvalue weighted by Crippen LogP contribution is -2.09. The first-order valence-corrected chi connectivity index (χ1v) is 4.30. The molecule has 8 nitrogen and oxygen atoms in total. The summed E-state index contributed by atoms with van der Waals surface area (Å²) in [5.41, 5.74) is 4.94. The highest BCUT2D eigenvalue weighted by atomic mass is 32.1. The highest BCUT2D eigenvalue weighted by Crippen LogP contribution is 2.05. The number of nitrogen functional groups attached to an aromatic ring is 1. The lowest BCUT2D eigenvalue weighted by molar-refractivity contribution is -0.142. The second kappa shape index (κ2) is 5.00. The second-order valence-electron chi connectivity index (χ2n) is 2.17. The zero-order valence-corrected chi connectivity index (χ0v) is 8.02. The Morgan fingerprint density at radius 2 is 2.47 bits per heavy atom. The van der Waals surface area contributed by atoms with Gasteiger partial charge in [0, 0.05) is 11.5 Å². The smallest absolute Gasteiger partial charge is 0.344 e. The molecule has 0 atom stereocenters. The summed E-state index contributed by atoms with van der Waals surface area (Å²) in [7, 11) is 0. The van der Waals surface area contributed by atoms with Crippen LogP contribution in [0.3, 0.4) is 0 Å². The van der Waals surface area contributed by atoms with Gasteiger partial charge in [-0.3, -0.25) is 4.79 Å². The van der Waals surface area contributed by atoms with E-state index in [0.717, 1.165) is 11.5 Å². The molecule has 0 amide bonds. The Morgan fingerprint density at radius 1 is 1.73 bits per heavy atom. The Labute approximate surface area is 87.5 Å². The van der Waals surface area contributed by atoms with Gasteiger partial charge in [-0.2, -0.15) is 9.36 Å². The third kappa shape index (κ3) is 3.31. The summed E-state index contributed by atoms with van der Waals surface area (Å²) in [5.74, 6) is -1.26. The van der Waals surface area contributed by atoms with Crippen molar-refractivity contribution in [1.82, 2.24) is 9.36 Å². The minimum absolute atomic E-state index is 0.0436. The predicted octanol–water partition coefficient (Wildman–Crippen LogP) is -0.965. The summed E-state index contributed by atoms with van der Waals surface area (Å²) in [6, 6.07) is 0. The third-order valence-electron chi connectivity index (χ3n) is 1.09. The van der Waals surface area contributed by atoms with E-state index < -0.39 is 12.6 Å². The summed E-state index contributed by atoms with van der Waals surface area (Å²) in [4.78, 5) is 28.4. The molecule has 1 heterocycles. The molecule has 0 fully saturated rings. The number of oxime groups is 1. The van der Waals surface area contributed by atoms with E-state index in [4.69, 9.17) is 10.8 Å². The Bertz CT molecular complexity index is 402. The molecule has 1 aromatic rings. The summed E-state index contributed by atoms with van der Waals surface area (Å²) < 4.78 is 3.67. The van der Waals surface area contributed by atoms with Crippen molar-refractivity contribution in [2.75, 3.05) is 12.3 Å². The van der Waals surface area contributed by atoms with Gasteiger partial charge in [0.25, 0.3) is 6.29 Å². The maximum atomic E-state index is 10.4.